The first-order valence-corrected chi connectivity index (χ1v) is 8.10. The molecule has 0 amide bonds. The minimum Gasteiger partial charge on any atom is -0.347 e. The van der Waals surface area contributed by atoms with Crippen LogP contribution in [0.15, 0.2) is 16.8 Å². The fourth-order valence-corrected chi connectivity index (χ4v) is 3.72. The molecule has 2 N–H and O–H groups in total. The van der Waals surface area contributed by atoms with Crippen LogP contribution < -0.4 is 10.6 Å². The Hall–Kier alpha value is -0.910. The number of rotatable bonds is 4. The molecule has 0 unspecified atom stereocenters. The normalized spacial score (nSPS) is 11.8. The van der Waals surface area contributed by atoms with Crippen molar-refractivity contribution in [2.75, 3.05) is 11.9 Å². The van der Waals surface area contributed by atoms with Gasteiger partial charge in [-0.25, -0.2) is 4.98 Å². The van der Waals surface area contributed by atoms with Gasteiger partial charge in [0.1, 0.15) is 0 Å². The second-order valence-electron chi connectivity index (χ2n) is 5.71. The molecule has 19 heavy (non-hydrogen) atoms. The molecule has 0 aliphatic carbocycles. The molecule has 2 heterocycles. The van der Waals surface area contributed by atoms with Crippen molar-refractivity contribution in [2.24, 2.45) is 5.73 Å². The molecule has 0 bridgehead atoms. The highest BCUT2D eigenvalue weighted by Crippen LogP contribution is 2.33. The fraction of sp³-hybridized carbons (Fsp3) is 0.500. The van der Waals surface area contributed by atoms with Gasteiger partial charge in [0.2, 0.25) is 0 Å². The van der Waals surface area contributed by atoms with Gasteiger partial charge in [0.15, 0.2) is 5.13 Å². The number of aromatic nitrogens is 1. The average molecular weight is 295 g/mol. The molecule has 2 aromatic heterocycles. The molecule has 0 fully saturated rings. The van der Waals surface area contributed by atoms with Gasteiger partial charge in [0.05, 0.1) is 5.69 Å². The van der Waals surface area contributed by atoms with Crippen molar-refractivity contribution in [3.8, 4) is 0 Å². The molecule has 5 heteroatoms. The van der Waals surface area contributed by atoms with Crippen molar-refractivity contribution in [3.05, 3.63) is 33.0 Å². The summed E-state index contributed by atoms with van der Waals surface area (Å²) in [4.78, 5) is 8.19. The van der Waals surface area contributed by atoms with E-state index in [2.05, 4.69) is 49.5 Å². The zero-order valence-electron chi connectivity index (χ0n) is 11.9. The molecular formula is C14H21N3S2. The molecule has 0 saturated carbocycles. The van der Waals surface area contributed by atoms with Crippen molar-refractivity contribution in [2.45, 2.75) is 39.3 Å². The zero-order chi connectivity index (χ0) is 14.0. The van der Waals surface area contributed by atoms with E-state index in [1.807, 2.05) is 0 Å². The number of thiophene rings is 1. The van der Waals surface area contributed by atoms with Crippen LogP contribution in [-0.4, -0.2) is 12.0 Å². The first-order valence-electron chi connectivity index (χ1n) is 6.34. The average Bonchev–Trinajstić information content (AvgIpc) is 2.95. The lowest BCUT2D eigenvalue weighted by Gasteiger charge is -2.17. The number of nitrogens with zero attached hydrogens (tertiary/aromatic N) is 2. The van der Waals surface area contributed by atoms with E-state index >= 15 is 0 Å². The molecule has 0 saturated heterocycles. The molecule has 0 aliphatic rings. The van der Waals surface area contributed by atoms with Gasteiger partial charge in [-0.3, -0.25) is 0 Å². The largest absolute Gasteiger partial charge is 0.347 e. The van der Waals surface area contributed by atoms with Crippen LogP contribution in [0.25, 0.3) is 0 Å². The zero-order valence-corrected chi connectivity index (χ0v) is 13.6. The van der Waals surface area contributed by atoms with Gasteiger partial charge >= 0.3 is 0 Å². The third-order valence-corrected chi connectivity index (χ3v) is 4.83. The highest BCUT2D eigenvalue weighted by atomic mass is 32.1. The third-order valence-electron chi connectivity index (χ3n) is 2.91. The molecule has 3 nitrogen and oxygen atoms in total. The smallest absolute Gasteiger partial charge is 0.185 e. The number of nitrogens with two attached hydrogens (primary N) is 1. The summed E-state index contributed by atoms with van der Waals surface area (Å²) in [7, 11) is 2.09. The number of hydrogen-bond acceptors (Lipinski definition) is 5. The highest BCUT2D eigenvalue weighted by molar-refractivity contribution is 7.15. The van der Waals surface area contributed by atoms with Gasteiger partial charge in [-0.15, -0.1) is 11.3 Å². The Morgan fingerprint density at radius 3 is 2.58 bits per heavy atom. The van der Waals surface area contributed by atoms with Crippen LogP contribution in [0.1, 0.15) is 36.9 Å². The van der Waals surface area contributed by atoms with Gasteiger partial charge < -0.3 is 10.6 Å². The fourth-order valence-electron chi connectivity index (χ4n) is 1.95. The van der Waals surface area contributed by atoms with E-state index in [0.717, 1.165) is 17.4 Å². The van der Waals surface area contributed by atoms with Gasteiger partial charge in [-0.1, -0.05) is 20.8 Å². The molecule has 2 aromatic rings. The SMILES string of the molecule is CN(Cc1ccsc1)c1nc(C(C)(C)C)c(CN)s1. The van der Waals surface area contributed by atoms with Crippen LogP contribution in [0.4, 0.5) is 5.13 Å². The molecule has 0 spiro atoms. The summed E-state index contributed by atoms with van der Waals surface area (Å²) in [5, 5.41) is 5.34. The number of thiazole rings is 1. The highest BCUT2D eigenvalue weighted by Gasteiger charge is 2.23. The Bertz CT molecular complexity index is 523. The third kappa shape index (κ3) is 3.35. The molecule has 104 valence electrons. The van der Waals surface area contributed by atoms with Crippen molar-refractivity contribution >= 4 is 27.8 Å². The summed E-state index contributed by atoms with van der Waals surface area (Å²) in [5.41, 5.74) is 8.36. The van der Waals surface area contributed by atoms with Crippen LogP contribution in [-0.2, 0) is 18.5 Å². The minimum atomic E-state index is 0.0483. The van der Waals surface area contributed by atoms with Crippen LogP contribution >= 0.6 is 22.7 Å². The second kappa shape index (κ2) is 5.61. The van der Waals surface area contributed by atoms with Crippen molar-refractivity contribution in [3.63, 3.8) is 0 Å². The van der Waals surface area contributed by atoms with Crippen molar-refractivity contribution in [1.29, 1.82) is 0 Å². The van der Waals surface area contributed by atoms with Gasteiger partial charge in [0, 0.05) is 30.4 Å². The Balaban J connectivity index is 2.23. The van der Waals surface area contributed by atoms with Crippen LogP contribution in [0.2, 0.25) is 0 Å². The van der Waals surface area contributed by atoms with Crippen LogP contribution in [0, 0.1) is 0 Å². The number of anilines is 1. The maximum atomic E-state index is 5.85. The first-order chi connectivity index (χ1) is 8.91. The maximum Gasteiger partial charge on any atom is 0.185 e. The van der Waals surface area contributed by atoms with E-state index in [-0.39, 0.29) is 5.41 Å². The topological polar surface area (TPSA) is 42.2 Å². The molecule has 0 aliphatic heterocycles. The van der Waals surface area contributed by atoms with E-state index in [4.69, 9.17) is 10.7 Å². The maximum absolute atomic E-state index is 5.85. The summed E-state index contributed by atoms with van der Waals surface area (Å²) < 4.78 is 0. The first kappa shape index (κ1) is 14.5. The van der Waals surface area contributed by atoms with Crippen LogP contribution in [0.5, 0.6) is 0 Å². The van der Waals surface area contributed by atoms with E-state index in [1.54, 1.807) is 22.7 Å². The molecule has 2 rings (SSSR count). The predicted octanol–water partition coefficient (Wildman–Crippen LogP) is 3.60. The summed E-state index contributed by atoms with van der Waals surface area (Å²) in [5.74, 6) is 0. The lowest BCUT2D eigenvalue weighted by atomic mass is 9.91. The lowest BCUT2D eigenvalue weighted by Crippen LogP contribution is -2.18. The van der Waals surface area contributed by atoms with E-state index in [9.17, 15) is 0 Å². The van der Waals surface area contributed by atoms with Crippen molar-refractivity contribution in [1.82, 2.24) is 4.98 Å². The quantitative estimate of drug-likeness (QED) is 0.937. The molecule has 0 atom stereocenters. The lowest BCUT2D eigenvalue weighted by molar-refractivity contribution is 0.566. The van der Waals surface area contributed by atoms with Gasteiger partial charge in [0.25, 0.3) is 0 Å². The monoisotopic (exact) mass is 295 g/mol. The predicted molar refractivity (Wildman–Crippen MR) is 85.1 cm³/mol. The summed E-state index contributed by atoms with van der Waals surface area (Å²) >= 11 is 3.44. The summed E-state index contributed by atoms with van der Waals surface area (Å²) in [6, 6.07) is 2.16. The summed E-state index contributed by atoms with van der Waals surface area (Å²) in [6.07, 6.45) is 0. The Labute approximate surface area is 123 Å². The molecule has 0 aromatic carbocycles. The van der Waals surface area contributed by atoms with E-state index in [1.165, 1.54) is 10.4 Å². The summed E-state index contributed by atoms with van der Waals surface area (Å²) in [6.45, 7) is 8.01. The Morgan fingerprint density at radius 2 is 2.11 bits per heavy atom. The Morgan fingerprint density at radius 1 is 1.37 bits per heavy atom. The second-order valence-corrected chi connectivity index (χ2v) is 7.55. The van der Waals surface area contributed by atoms with Crippen molar-refractivity contribution < 1.29 is 0 Å². The van der Waals surface area contributed by atoms with Gasteiger partial charge in [-0.05, 0) is 22.4 Å². The minimum absolute atomic E-state index is 0.0483. The standard InChI is InChI=1S/C14H21N3S2/c1-14(2,3)12-11(7-15)19-13(16-12)17(4)8-10-5-6-18-9-10/h5-6,9H,7-8,15H2,1-4H3. The van der Waals surface area contributed by atoms with Gasteiger partial charge in [-0.2, -0.15) is 11.3 Å². The number of hydrogen-bond donors (Lipinski definition) is 1. The molecule has 0 radical (unpaired) electrons. The van der Waals surface area contributed by atoms with E-state index < -0.39 is 0 Å². The molecular weight excluding hydrogens is 274 g/mol. The Kier molecular flexibility index (Phi) is 4.28. The van der Waals surface area contributed by atoms with E-state index in [0.29, 0.717) is 6.54 Å². The van der Waals surface area contributed by atoms with Crippen LogP contribution in [0.3, 0.4) is 0 Å².